The Morgan fingerprint density at radius 2 is 2.07 bits per heavy atom. The second-order valence-electron chi connectivity index (χ2n) is 4.09. The van der Waals surface area contributed by atoms with E-state index in [0.29, 0.717) is 5.75 Å². The molecular weight excluding hydrogens is 242 g/mol. The summed E-state index contributed by atoms with van der Waals surface area (Å²) >= 11 is 3.47. The van der Waals surface area contributed by atoms with Crippen molar-refractivity contribution in [1.82, 2.24) is 5.32 Å². The third-order valence-electron chi connectivity index (χ3n) is 2.34. The van der Waals surface area contributed by atoms with Crippen LogP contribution in [0.4, 0.5) is 0 Å². The minimum atomic E-state index is 0.0380. The van der Waals surface area contributed by atoms with E-state index >= 15 is 0 Å². The summed E-state index contributed by atoms with van der Waals surface area (Å²) in [5, 5.41) is 12.6. The first-order chi connectivity index (χ1) is 6.44. The summed E-state index contributed by atoms with van der Waals surface area (Å²) in [6.45, 7) is 4.26. The van der Waals surface area contributed by atoms with Crippen LogP contribution in [0, 0.1) is 0 Å². The largest absolute Gasteiger partial charge is 0.508 e. The van der Waals surface area contributed by atoms with E-state index in [0.717, 1.165) is 16.5 Å². The van der Waals surface area contributed by atoms with Gasteiger partial charge in [-0.1, -0.05) is 15.9 Å². The van der Waals surface area contributed by atoms with Gasteiger partial charge in [-0.05, 0) is 51.1 Å². The third-order valence-corrected chi connectivity index (χ3v) is 3.11. The molecule has 3 heteroatoms. The number of aromatic hydroxyl groups is 1. The molecule has 14 heavy (non-hydrogen) atoms. The van der Waals surface area contributed by atoms with Gasteiger partial charge in [0, 0.05) is 10.0 Å². The van der Waals surface area contributed by atoms with Crippen LogP contribution in [0.25, 0.3) is 0 Å². The highest BCUT2D eigenvalue weighted by Gasteiger charge is 2.17. The van der Waals surface area contributed by atoms with Crippen LogP contribution >= 0.6 is 15.9 Å². The maximum atomic E-state index is 9.37. The van der Waals surface area contributed by atoms with Gasteiger partial charge >= 0.3 is 0 Å². The van der Waals surface area contributed by atoms with Crippen molar-refractivity contribution < 1.29 is 5.11 Å². The normalized spacial score (nSPS) is 11.7. The highest BCUT2D eigenvalue weighted by atomic mass is 79.9. The van der Waals surface area contributed by atoms with Gasteiger partial charge in [0.2, 0.25) is 0 Å². The van der Waals surface area contributed by atoms with Crippen molar-refractivity contribution in [3.8, 4) is 5.75 Å². The van der Waals surface area contributed by atoms with Gasteiger partial charge in [-0.2, -0.15) is 0 Å². The van der Waals surface area contributed by atoms with Crippen LogP contribution in [0.15, 0.2) is 22.7 Å². The second kappa shape index (κ2) is 4.32. The summed E-state index contributed by atoms with van der Waals surface area (Å²) in [7, 11) is 1.94. The lowest BCUT2D eigenvalue weighted by atomic mass is 9.95. The van der Waals surface area contributed by atoms with Gasteiger partial charge in [0.15, 0.2) is 0 Å². The highest BCUT2D eigenvalue weighted by Crippen LogP contribution is 2.25. The molecule has 0 aromatic heterocycles. The molecule has 0 spiro atoms. The van der Waals surface area contributed by atoms with Gasteiger partial charge in [0.1, 0.15) is 5.75 Å². The summed E-state index contributed by atoms with van der Waals surface area (Å²) in [6.07, 6.45) is 0.873. The van der Waals surface area contributed by atoms with E-state index < -0.39 is 0 Å². The zero-order valence-electron chi connectivity index (χ0n) is 8.76. The summed E-state index contributed by atoms with van der Waals surface area (Å²) in [4.78, 5) is 0. The average molecular weight is 258 g/mol. The summed E-state index contributed by atoms with van der Waals surface area (Å²) in [6, 6.07) is 5.35. The first kappa shape index (κ1) is 11.5. The Labute approximate surface area is 93.5 Å². The zero-order valence-corrected chi connectivity index (χ0v) is 10.4. The minimum absolute atomic E-state index is 0.0380. The molecule has 1 aromatic carbocycles. The van der Waals surface area contributed by atoms with Crippen molar-refractivity contribution in [2.24, 2.45) is 0 Å². The predicted octanol–water partition coefficient (Wildman–Crippen LogP) is 2.70. The minimum Gasteiger partial charge on any atom is -0.508 e. The Kier molecular flexibility index (Phi) is 3.56. The molecule has 2 N–H and O–H groups in total. The molecule has 0 aliphatic rings. The number of phenols is 1. The molecule has 0 fully saturated rings. The van der Waals surface area contributed by atoms with Gasteiger partial charge in [0.05, 0.1) is 0 Å². The first-order valence-corrected chi connectivity index (χ1v) is 5.40. The van der Waals surface area contributed by atoms with Gasteiger partial charge in [-0.15, -0.1) is 0 Å². The molecule has 0 aliphatic heterocycles. The fourth-order valence-electron chi connectivity index (χ4n) is 1.26. The van der Waals surface area contributed by atoms with E-state index in [2.05, 4.69) is 35.1 Å². The molecular formula is C11H16BrNO. The van der Waals surface area contributed by atoms with Gasteiger partial charge in [-0.3, -0.25) is 0 Å². The molecule has 78 valence electrons. The number of rotatable bonds is 3. The van der Waals surface area contributed by atoms with Gasteiger partial charge in [-0.25, -0.2) is 0 Å². The number of nitrogens with one attached hydrogen (secondary N) is 1. The Morgan fingerprint density at radius 1 is 1.43 bits per heavy atom. The van der Waals surface area contributed by atoms with E-state index in [1.54, 1.807) is 12.1 Å². The van der Waals surface area contributed by atoms with Crippen molar-refractivity contribution in [3.05, 3.63) is 28.2 Å². The van der Waals surface area contributed by atoms with E-state index in [1.165, 1.54) is 0 Å². The molecule has 0 saturated carbocycles. The van der Waals surface area contributed by atoms with Crippen LogP contribution in [0.1, 0.15) is 19.4 Å². The van der Waals surface area contributed by atoms with Gasteiger partial charge in [0.25, 0.3) is 0 Å². The fraction of sp³-hybridized carbons (Fsp3) is 0.455. The number of benzene rings is 1. The SMILES string of the molecule is CNC(C)(C)Cc1cc(O)ccc1Br. The Balaban J connectivity index is 2.91. The van der Waals surface area contributed by atoms with Crippen molar-refractivity contribution in [3.63, 3.8) is 0 Å². The molecule has 0 radical (unpaired) electrons. The summed E-state index contributed by atoms with van der Waals surface area (Å²) in [5.41, 5.74) is 1.15. The van der Waals surface area contributed by atoms with Crippen LogP contribution in [0.5, 0.6) is 5.75 Å². The standard InChI is InChI=1S/C11H16BrNO/c1-11(2,13-3)7-8-6-9(14)4-5-10(8)12/h4-6,13-14H,7H2,1-3H3. The molecule has 0 aliphatic carbocycles. The highest BCUT2D eigenvalue weighted by molar-refractivity contribution is 9.10. The number of hydrogen-bond donors (Lipinski definition) is 2. The van der Waals surface area contributed by atoms with E-state index in [9.17, 15) is 5.11 Å². The lowest BCUT2D eigenvalue weighted by Crippen LogP contribution is -2.38. The Morgan fingerprint density at radius 3 is 2.64 bits per heavy atom. The molecule has 0 atom stereocenters. The summed E-state index contributed by atoms with van der Waals surface area (Å²) in [5.74, 6) is 0.315. The Hall–Kier alpha value is -0.540. The lowest BCUT2D eigenvalue weighted by molar-refractivity contribution is 0.419. The van der Waals surface area contributed by atoms with E-state index in [4.69, 9.17) is 0 Å². The van der Waals surface area contributed by atoms with Crippen molar-refractivity contribution in [1.29, 1.82) is 0 Å². The Bertz CT molecular complexity index is 323. The monoisotopic (exact) mass is 257 g/mol. The predicted molar refractivity (Wildman–Crippen MR) is 62.6 cm³/mol. The third kappa shape index (κ3) is 3.00. The van der Waals surface area contributed by atoms with Crippen molar-refractivity contribution in [2.75, 3.05) is 7.05 Å². The number of phenolic OH excluding ortho intramolecular Hbond substituents is 1. The zero-order chi connectivity index (χ0) is 10.8. The number of likely N-dealkylation sites (N-methyl/N-ethyl adjacent to an activating group) is 1. The van der Waals surface area contributed by atoms with Crippen LogP contribution in [0.2, 0.25) is 0 Å². The van der Waals surface area contributed by atoms with E-state index in [1.807, 2.05) is 13.1 Å². The molecule has 0 heterocycles. The summed E-state index contributed by atoms with van der Waals surface area (Å²) < 4.78 is 1.04. The first-order valence-electron chi connectivity index (χ1n) is 4.61. The molecule has 2 nitrogen and oxygen atoms in total. The van der Waals surface area contributed by atoms with Gasteiger partial charge < -0.3 is 10.4 Å². The van der Waals surface area contributed by atoms with Crippen LogP contribution in [-0.2, 0) is 6.42 Å². The maximum absolute atomic E-state index is 9.37. The molecule has 0 saturated heterocycles. The number of hydrogen-bond acceptors (Lipinski definition) is 2. The topological polar surface area (TPSA) is 32.3 Å². The average Bonchev–Trinajstić information content (AvgIpc) is 2.11. The molecule has 1 aromatic rings. The molecule has 1 rings (SSSR count). The smallest absolute Gasteiger partial charge is 0.115 e. The molecule has 0 unspecified atom stereocenters. The quantitative estimate of drug-likeness (QED) is 0.873. The van der Waals surface area contributed by atoms with Crippen molar-refractivity contribution in [2.45, 2.75) is 25.8 Å². The maximum Gasteiger partial charge on any atom is 0.115 e. The molecule has 0 bridgehead atoms. The van der Waals surface area contributed by atoms with Crippen LogP contribution in [0.3, 0.4) is 0 Å². The number of halogens is 1. The second-order valence-corrected chi connectivity index (χ2v) is 4.94. The fourth-order valence-corrected chi connectivity index (χ4v) is 1.65. The van der Waals surface area contributed by atoms with Crippen LogP contribution < -0.4 is 5.32 Å². The molecule has 0 amide bonds. The lowest BCUT2D eigenvalue weighted by Gasteiger charge is -2.24. The van der Waals surface area contributed by atoms with Crippen molar-refractivity contribution >= 4 is 15.9 Å². The van der Waals surface area contributed by atoms with Crippen LogP contribution in [-0.4, -0.2) is 17.7 Å². The van der Waals surface area contributed by atoms with E-state index in [-0.39, 0.29) is 5.54 Å².